The van der Waals surface area contributed by atoms with Crippen LogP contribution >= 0.6 is 0 Å². The highest BCUT2D eigenvalue weighted by atomic mass is 16.5. The number of ether oxygens (including phenoxy) is 1. The van der Waals surface area contributed by atoms with Crippen molar-refractivity contribution in [2.24, 2.45) is 5.73 Å². The molecule has 2 atom stereocenters. The van der Waals surface area contributed by atoms with Gasteiger partial charge in [-0.2, -0.15) is 0 Å². The summed E-state index contributed by atoms with van der Waals surface area (Å²) in [5, 5.41) is 12.0. The molecule has 72 valence electrons. The van der Waals surface area contributed by atoms with Crippen molar-refractivity contribution in [2.75, 3.05) is 13.2 Å². The molecular weight excluding hydrogens is 160 g/mol. The van der Waals surface area contributed by atoms with Gasteiger partial charge >= 0.3 is 6.09 Å². The van der Waals surface area contributed by atoms with Crippen LogP contribution in [0.3, 0.4) is 0 Å². The van der Waals surface area contributed by atoms with Gasteiger partial charge in [0.25, 0.3) is 0 Å². The van der Waals surface area contributed by atoms with Gasteiger partial charge in [-0.1, -0.05) is 0 Å². The van der Waals surface area contributed by atoms with Crippen LogP contribution in [0.2, 0.25) is 0 Å². The zero-order chi connectivity index (χ0) is 9.56. The van der Waals surface area contributed by atoms with Gasteiger partial charge in [0.2, 0.25) is 0 Å². The lowest BCUT2D eigenvalue weighted by atomic mass is 10.2. The molecular formula is C7H16N2O3. The number of hydrogen-bond donors (Lipinski definition) is 3. The maximum Gasteiger partial charge on any atom is 0.404 e. The zero-order valence-corrected chi connectivity index (χ0v) is 7.41. The second kappa shape index (κ2) is 5.79. The number of aliphatic hydroxyl groups is 1. The Balaban J connectivity index is 3.25. The van der Waals surface area contributed by atoms with E-state index in [9.17, 15) is 4.79 Å². The summed E-state index contributed by atoms with van der Waals surface area (Å²) in [5.74, 6) is 0. The van der Waals surface area contributed by atoms with Crippen molar-refractivity contribution in [1.82, 2.24) is 5.32 Å². The number of rotatable bonds is 5. The van der Waals surface area contributed by atoms with E-state index in [1.807, 2.05) is 6.92 Å². The van der Waals surface area contributed by atoms with Crippen molar-refractivity contribution < 1.29 is 14.6 Å². The molecule has 0 spiro atoms. The fourth-order valence-corrected chi connectivity index (χ4v) is 0.609. The van der Waals surface area contributed by atoms with Crippen molar-refractivity contribution in [2.45, 2.75) is 26.0 Å². The molecule has 0 bridgehead atoms. The number of hydrogen-bond acceptors (Lipinski definition) is 4. The monoisotopic (exact) mass is 176 g/mol. The molecule has 5 nitrogen and oxygen atoms in total. The minimum Gasteiger partial charge on any atom is -0.448 e. The Morgan fingerprint density at radius 2 is 2.25 bits per heavy atom. The zero-order valence-electron chi connectivity index (χ0n) is 7.41. The van der Waals surface area contributed by atoms with E-state index in [-0.39, 0.29) is 12.6 Å². The van der Waals surface area contributed by atoms with Crippen LogP contribution in [0.15, 0.2) is 0 Å². The highest BCUT2D eigenvalue weighted by Crippen LogP contribution is 1.88. The molecule has 0 heterocycles. The lowest BCUT2D eigenvalue weighted by molar-refractivity contribution is 0.137. The molecule has 1 amide bonds. The van der Waals surface area contributed by atoms with Gasteiger partial charge in [-0.25, -0.2) is 4.79 Å². The molecule has 0 saturated heterocycles. The number of nitrogens with two attached hydrogens (primary N) is 1. The summed E-state index contributed by atoms with van der Waals surface area (Å²) in [7, 11) is 0. The number of aliphatic hydroxyl groups excluding tert-OH is 1. The number of primary amides is 1. The van der Waals surface area contributed by atoms with Crippen LogP contribution in [0.4, 0.5) is 4.79 Å². The second-order valence-corrected chi connectivity index (χ2v) is 2.65. The predicted molar refractivity (Wildman–Crippen MR) is 44.7 cm³/mol. The van der Waals surface area contributed by atoms with Crippen molar-refractivity contribution in [3.8, 4) is 0 Å². The first-order chi connectivity index (χ1) is 5.54. The molecule has 0 aliphatic heterocycles. The van der Waals surface area contributed by atoms with Crippen LogP contribution in [-0.2, 0) is 4.74 Å². The largest absolute Gasteiger partial charge is 0.448 e. The molecule has 0 rings (SSSR count). The summed E-state index contributed by atoms with van der Waals surface area (Å²) in [5.41, 5.74) is 4.73. The Hall–Kier alpha value is -0.810. The molecule has 5 heteroatoms. The fourth-order valence-electron chi connectivity index (χ4n) is 0.609. The molecule has 0 aromatic rings. The minimum absolute atomic E-state index is 0.0125. The number of nitrogens with one attached hydrogen (secondary N) is 1. The Kier molecular flexibility index (Phi) is 5.40. The Morgan fingerprint density at radius 3 is 2.67 bits per heavy atom. The SMILES string of the molecule is CC(O)C(C)NCCOC(N)=O. The Bertz CT molecular complexity index is 139. The maximum atomic E-state index is 10.1. The maximum absolute atomic E-state index is 10.1. The summed E-state index contributed by atoms with van der Waals surface area (Å²) in [6, 6.07) is -0.0125. The summed E-state index contributed by atoms with van der Waals surface area (Å²) in [4.78, 5) is 10.1. The van der Waals surface area contributed by atoms with E-state index in [4.69, 9.17) is 10.8 Å². The molecule has 2 unspecified atom stereocenters. The van der Waals surface area contributed by atoms with Crippen LogP contribution < -0.4 is 11.1 Å². The molecule has 0 aromatic heterocycles. The average molecular weight is 176 g/mol. The third kappa shape index (κ3) is 5.94. The number of amides is 1. The summed E-state index contributed by atoms with van der Waals surface area (Å²) in [6.45, 7) is 4.25. The normalized spacial score (nSPS) is 15.2. The highest BCUT2D eigenvalue weighted by molar-refractivity contribution is 5.64. The van der Waals surface area contributed by atoms with Crippen molar-refractivity contribution in [1.29, 1.82) is 0 Å². The third-order valence-electron chi connectivity index (χ3n) is 1.54. The van der Waals surface area contributed by atoms with Crippen molar-refractivity contribution in [3.05, 3.63) is 0 Å². The van der Waals surface area contributed by atoms with Gasteiger partial charge in [-0.15, -0.1) is 0 Å². The summed E-state index contributed by atoms with van der Waals surface area (Å²) < 4.78 is 4.47. The van der Waals surface area contributed by atoms with Crippen LogP contribution in [0.25, 0.3) is 0 Å². The minimum atomic E-state index is -0.776. The molecule has 0 saturated carbocycles. The van der Waals surface area contributed by atoms with Crippen molar-refractivity contribution in [3.63, 3.8) is 0 Å². The van der Waals surface area contributed by atoms with E-state index < -0.39 is 12.2 Å². The van der Waals surface area contributed by atoms with Gasteiger partial charge in [-0.05, 0) is 13.8 Å². The van der Waals surface area contributed by atoms with E-state index in [1.165, 1.54) is 0 Å². The second-order valence-electron chi connectivity index (χ2n) is 2.65. The highest BCUT2D eigenvalue weighted by Gasteiger charge is 2.06. The van der Waals surface area contributed by atoms with Gasteiger partial charge in [0.1, 0.15) is 6.61 Å². The van der Waals surface area contributed by atoms with E-state index in [2.05, 4.69) is 10.1 Å². The lowest BCUT2D eigenvalue weighted by Crippen LogP contribution is -2.37. The first-order valence-electron chi connectivity index (χ1n) is 3.87. The van der Waals surface area contributed by atoms with E-state index in [0.717, 1.165) is 0 Å². The van der Waals surface area contributed by atoms with Crippen LogP contribution in [0.1, 0.15) is 13.8 Å². The molecule has 0 aliphatic carbocycles. The van der Waals surface area contributed by atoms with Gasteiger partial charge < -0.3 is 20.9 Å². The van der Waals surface area contributed by atoms with Crippen molar-refractivity contribution >= 4 is 6.09 Å². The fraction of sp³-hybridized carbons (Fsp3) is 0.857. The van der Waals surface area contributed by atoms with Crippen LogP contribution in [-0.4, -0.2) is 36.5 Å². The van der Waals surface area contributed by atoms with Crippen LogP contribution in [0.5, 0.6) is 0 Å². The van der Waals surface area contributed by atoms with E-state index >= 15 is 0 Å². The first-order valence-corrected chi connectivity index (χ1v) is 3.87. The topological polar surface area (TPSA) is 84.6 Å². The Labute approximate surface area is 71.9 Å². The average Bonchev–Trinajstić information content (AvgIpc) is 1.97. The molecule has 4 N–H and O–H groups in total. The lowest BCUT2D eigenvalue weighted by Gasteiger charge is -2.15. The quantitative estimate of drug-likeness (QED) is 0.490. The van der Waals surface area contributed by atoms with Gasteiger partial charge in [0, 0.05) is 12.6 Å². The number of carbonyl (C=O) groups excluding carboxylic acids is 1. The smallest absolute Gasteiger partial charge is 0.404 e. The molecule has 0 aromatic carbocycles. The molecule has 0 fully saturated rings. The standard InChI is InChI=1S/C7H16N2O3/c1-5(6(2)10)9-3-4-12-7(8)11/h5-6,9-10H,3-4H2,1-2H3,(H2,8,11). The Morgan fingerprint density at radius 1 is 1.67 bits per heavy atom. The van der Waals surface area contributed by atoms with Gasteiger partial charge in [0.15, 0.2) is 0 Å². The predicted octanol–water partition coefficient (Wildman–Crippen LogP) is -0.559. The summed E-state index contributed by atoms with van der Waals surface area (Å²) in [6.07, 6.45) is -1.19. The molecule has 0 radical (unpaired) electrons. The molecule has 0 aliphatic rings. The molecule has 12 heavy (non-hydrogen) atoms. The summed E-state index contributed by atoms with van der Waals surface area (Å²) >= 11 is 0. The van der Waals surface area contributed by atoms with E-state index in [1.54, 1.807) is 6.92 Å². The van der Waals surface area contributed by atoms with Gasteiger partial charge in [-0.3, -0.25) is 0 Å². The van der Waals surface area contributed by atoms with Gasteiger partial charge in [0.05, 0.1) is 6.10 Å². The number of carbonyl (C=O) groups is 1. The van der Waals surface area contributed by atoms with E-state index in [0.29, 0.717) is 6.54 Å². The third-order valence-corrected chi connectivity index (χ3v) is 1.54. The van der Waals surface area contributed by atoms with Crippen LogP contribution in [0, 0.1) is 0 Å². The first kappa shape index (κ1) is 11.2.